The molecule has 1 aliphatic heterocycles. The predicted molar refractivity (Wildman–Crippen MR) is 140 cm³/mol. The maximum absolute atomic E-state index is 14.5. The number of hydrogen-bond donors (Lipinski definition) is 1. The number of halogens is 1. The molecular formula is C28H35FN4O2. The first-order valence-electron chi connectivity index (χ1n) is 12.3. The third-order valence-corrected chi connectivity index (χ3v) is 6.20. The van der Waals surface area contributed by atoms with Gasteiger partial charge >= 0.3 is 0 Å². The lowest BCUT2D eigenvalue weighted by molar-refractivity contribution is -0.119. The van der Waals surface area contributed by atoms with Crippen molar-refractivity contribution in [1.82, 2.24) is 20.0 Å². The molecule has 1 N–H and O–H groups in total. The number of aromatic nitrogens is 2. The van der Waals surface area contributed by atoms with Gasteiger partial charge in [0.15, 0.2) is 0 Å². The second-order valence-corrected chi connectivity index (χ2v) is 8.79. The zero-order chi connectivity index (χ0) is 25.4. The molecule has 2 aromatic carbocycles. The molecule has 2 heterocycles. The van der Waals surface area contributed by atoms with E-state index in [2.05, 4.69) is 23.7 Å². The molecule has 0 radical (unpaired) electrons. The Morgan fingerprint density at radius 3 is 2.34 bits per heavy atom. The number of H-pyrrole nitrogens is 1. The third kappa shape index (κ3) is 6.78. The van der Waals surface area contributed by atoms with E-state index in [0.29, 0.717) is 49.2 Å². The van der Waals surface area contributed by atoms with Crippen molar-refractivity contribution in [2.45, 2.75) is 40.0 Å². The van der Waals surface area contributed by atoms with Crippen LogP contribution >= 0.6 is 0 Å². The van der Waals surface area contributed by atoms with Crippen LogP contribution in [0.3, 0.4) is 0 Å². The summed E-state index contributed by atoms with van der Waals surface area (Å²) in [6.07, 6.45) is 4.26. The summed E-state index contributed by atoms with van der Waals surface area (Å²) in [4.78, 5) is 26.6. The molecule has 0 unspecified atom stereocenters. The van der Waals surface area contributed by atoms with Gasteiger partial charge in [0.05, 0.1) is 11.1 Å². The minimum atomic E-state index is -0.337. The van der Waals surface area contributed by atoms with Crippen LogP contribution in [-0.2, 0) is 11.2 Å². The molecular weight excluding hydrogens is 443 g/mol. The second-order valence-electron chi connectivity index (χ2n) is 8.79. The number of fused-ring (bicyclic) bond motifs is 1. The fourth-order valence-corrected chi connectivity index (χ4v) is 3.84. The molecule has 35 heavy (non-hydrogen) atoms. The number of carbonyl (C=O) groups excluding carboxylic acids is 1. The molecule has 1 aromatic heterocycles. The maximum atomic E-state index is 14.5. The Bertz CT molecular complexity index is 1210. The lowest BCUT2D eigenvalue weighted by atomic mass is 10.0. The number of hydrogen-bond acceptors (Lipinski definition) is 4. The first-order valence-corrected chi connectivity index (χ1v) is 12.3. The van der Waals surface area contributed by atoms with E-state index in [0.717, 1.165) is 29.0 Å². The van der Waals surface area contributed by atoms with Gasteiger partial charge in [0.1, 0.15) is 5.82 Å². The number of rotatable bonds is 5. The Morgan fingerprint density at radius 1 is 1.11 bits per heavy atom. The highest BCUT2D eigenvalue weighted by molar-refractivity contribution is 5.83. The fraction of sp³-hybridized carbons (Fsp3) is 0.393. The predicted octanol–water partition coefficient (Wildman–Crippen LogP) is 4.84. The summed E-state index contributed by atoms with van der Waals surface area (Å²) in [5.74, 6) is 0.746. The van der Waals surface area contributed by atoms with Gasteiger partial charge in [-0.25, -0.2) is 9.49 Å². The standard InChI is InChI=1S/C22H21FN4O2.C4H8.C2H6/c1-15(27-10-8-26(14-28)9-11-27)19-12-16(6-7-20(19)23)13-21-17-4-2-3-5-18(17)22(29)25-24-21;1-4-2-3-4;1-2/h2-7,12,14H,1,8-11,13H2,(H,25,29);4H,2-3H2,1H3;1-2H3. The zero-order valence-electron chi connectivity index (χ0n) is 20.9. The molecule has 0 bridgehead atoms. The van der Waals surface area contributed by atoms with Crippen molar-refractivity contribution < 1.29 is 9.18 Å². The lowest BCUT2D eigenvalue weighted by Crippen LogP contribution is -2.44. The van der Waals surface area contributed by atoms with Gasteiger partial charge in [-0.05, 0) is 29.7 Å². The summed E-state index contributed by atoms with van der Waals surface area (Å²) in [6, 6.07) is 12.2. The van der Waals surface area contributed by atoms with Gasteiger partial charge in [0, 0.05) is 49.2 Å². The smallest absolute Gasteiger partial charge is 0.272 e. The van der Waals surface area contributed by atoms with E-state index < -0.39 is 0 Å². The van der Waals surface area contributed by atoms with Crippen molar-refractivity contribution in [3.63, 3.8) is 0 Å². The van der Waals surface area contributed by atoms with Crippen LogP contribution in [0.25, 0.3) is 16.5 Å². The van der Waals surface area contributed by atoms with Gasteiger partial charge in [-0.3, -0.25) is 9.59 Å². The summed E-state index contributed by atoms with van der Waals surface area (Å²) < 4.78 is 14.5. The molecule has 3 aromatic rings. The van der Waals surface area contributed by atoms with E-state index >= 15 is 0 Å². The van der Waals surface area contributed by atoms with Crippen LogP contribution in [0.15, 0.2) is 53.8 Å². The van der Waals surface area contributed by atoms with Crippen molar-refractivity contribution >= 4 is 22.9 Å². The van der Waals surface area contributed by atoms with E-state index in [4.69, 9.17) is 0 Å². The molecule has 2 fully saturated rings. The molecule has 6 nitrogen and oxygen atoms in total. The monoisotopic (exact) mass is 478 g/mol. The molecule has 1 saturated heterocycles. The third-order valence-electron chi connectivity index (χ3n) is 6.20. The summed E-state index contributed by atoms with van der Waals surface area (Å²) in [7, 11) is 0. The van der Waals surface area contributed by atoms with Crippen LogP contribution < -0.4 is 5.56 Å². The Hall–Kier alpha value is -3.48. The minimum absolute atomic E-state index is 0.230. The highest BCUT2D eigenvalue weighted by atomic mass is 19.1. The molecule has 2 aliphatic rings. The largest absolute Gasteiger partial charge is 0.368 e. The quantitative estimate of drug-likeness (QED) is 0.533. The maximum Gasteiger partial charge on any atom is 0.272 e. The van der Waals surface area contributed by atoms with Crippen LogP contribution in [0.2, 0.25) is 0 Å². The van der Waals surface area contributed by atoms with Gasteiger partial charge in [-0.1, -0.05) is 64.5 Å². The van der Waals surface area contributed by atoms with E-state index in [1.165, 1.54) is 18.9 Å². The number of amides is 1. The van der Waals surface area contributed by atoms with Crippen LogP contribution in [0.5, 0.6) is 0 Å². The van der Waals surface area contributed by atoms with E-state index in [-0.39, 0.29) is 11.4 Å². The highest BCUT2D eigenvalue weighted by Crippen LogP contribution is 2.27. The summed E-state index contributed by atoms with van der Waals surface area (Å²) in [5.41, 5.74) is 2.42. The van der Waals surface area contributed by atoms with Gasteiger partial charge in [0.25, 0.3) is 5.56 Å². The Morgan fingerprint density at radius 2 is 1.74 bits per heavy atom. The highest BCUT2D eigenvalue weighted by Gasteiger charge is 2.20. The van der Waals surface area contributed by atoms with Gasteiger partial charge < -0.3 is 9.80 Å². The summed E-state index contributed by atoms with van der Waals surface area (Å²) >= 11 is 0. The first kappa shape index (κ1) is 26.1. The second kappa shape index (κ2) is 12.3. The van der Waals surface area contributed by atoms with Crippen LogP contribution in [0, 0.1) is 11.7 Å². The molecule has 1 saturated carbocycles. The lowest BCUT2D eigenvalue weighted by Gasteiger charge is -2.35. The average molecular weight is 479 g/mol. The van der Waals surface area contributed by atoms with Crippen LogP contribution in [-0.4, -0.2) is 52.6 Å². The Balaban J connectivity index is 0.000000508. The minimum Gasteiger partial charge on any atom is -0.368 e. The molecule has 7 heteroatoms. The van der Waals surface area contributed by atoms with Gasteiger partial charge in [-0.15, -0.1) is 0 Å². The van der Waals surface area contributed by atoms with Crippen molar-refractivity contribution in [3.8, 4) is 0 Å². The van der Waals surface area contributed by atoms with E-state index in [9.17, 15) is 14.0 Å². The number of nitrogens with one attached hydrogen (secondary N) is 1. The van der Waals surface area contributed by atoms with Gasteiger partial charge in [-0.2, -0.15) is 5.10 Å². The number of carbonyl (C=O) groups is 1. The molecule has 5 rings (SSSR count). The SMILES string of the molecule is C=C(c1cc(Cc2n[nH]c(=O)c3ccccc23)ccc1F)N1CCN(C=O)CC1.CC.CC1CC1. The Labute approximate surface area is 206 Å². The molecule has 186 valence electrons. The zero-order valence-corrected chi connectivity index (χ0v) is 20.9. The van der Waals surface area contributed by atoms with Crippen LogP contribution in [0.4, 0.5) is 4.39 Å². The molecule has 1 aliphatic carbocycles. The van der Waals surface area contributed by atoms with Crippen molar-refractivity contribution in [2.75, 3.05) is 26.2 Å². The van der Waals surface area contributed by atoms with E-state index in [1.807, 2.05) is 36.9 Å². The summed E-state index contributed by atoms with van der Waals surface area (Å²) in [6.45, 7) is 12.8. The Kier molecular flexibility index (Phi) is 9.18. The molecule has 0 spiro atoms. The van der Waals surface area contributed by atoms with Crippen molar-refractivity contribution in [2.24, 2.45) is 5.92 Å². The first-order chi connectivity index (χ1) is 17.0. The number of nitrogens with zero attached hydrogens (tertiary/aromatic N) is 3. The van der Waals surface area contributed by atoms with Gasteiger partial charge in [0.2, 0.25) is 6.41 Å². The van der Waals surface area contributed by atoms with Crippen molar-refractivity contribution in [3.05, 3.63) is 82.0 Å². The normalized spacial score (nSPS) is 15.0. The van der Waals surface area contributed by atoms with Crippen LogP contribution in [0.1, 0.15) is 50.4 Å². The number of piperazine rings is 1. The molecule has 0 atom stereocenters. The van der Waals surface area contributed by atoms with Crippen molar-refractivity contribution in [1.29, 1.82) is 0 Å². The van der Waals surface area contributed by atoms with E-state index in [1.54, 1.807) is 23.1 Å². The fourth-order valence-electron chi connectivity index (χ4n) is 3.84. The number of benzene rings is 2. The topological polar surface area (TPSA) is 69.3 Å². The number of aromatic amines is 1. The molecule has 1 amide bonds. The average Bonchev–Trinajstić information content (AvgIpc) is 3.70. The summed E-state index contributed by atoms with van der Waals surface area (Å²) in [5, 5.41) is 8.10.